The number of rotatable bonds is 2. The molecular formula is C4H6O4Zn. The van der Waals surface area contributed by atoms with E-state index in [0.717, 1.165) is 0 Å². The Kier molecular flexibility index (Phi) is 45.1. The second kappa shape index (κ2) is 25.7. The van der Waals surface area contributed by atoms with Crippen molar-refractivity contribution in [2.75, 3.05) is 14.2 Å². The van der Waals surface area contributed by atoms with Gasteiger partial charge in [-0.3, -0.25) is 0 Å². The van der Waals surface area contributed by atoms with Crippen LogP contribution >= 0.6 is 0 Å². The van der Waals surface area contributed by atoms with Crippen molar-refractivity contribution in [1.82, 2.24) is 0 Å². The molecular weight excluding hydrogens is 177 g/mol. The predicted molar refractivity (Wildman–Crippen MR) is 25.4 cm³/mol. The molecule has 4 nitrogen and oxygen atoms in total. The molecule has 0 bridgehead atoms. The Bertz CT molecular complexity index is 48.5. The minimum absolute atomic E-state index is 0. The zero-order valence-electron chi connectivity index (χ0n) is 5.34. The van der Waals surface area contributed by atoms with Gasteiger partial charge in [-0.1, -0.05) is 12.9 Å². The largest absolute Gasteiger partial charge is 2.00 e. The molecule has 48 valence electrons. The van der Waals surface area contributed by atoms with Gasteiger partial charge in [0.15, 0.2) is 0 Å². The summed E-state index contributed by atoms with van der Waals surface area (Å²) >= 11 is 0. The molecule has 9 heavy (non-hydrogen) atoms. The Morgan fingerprint density at radius 3 is 1.11 bits per heavy atom. The van der Waals surface area contributed by atoms with Crippen LogP contribution in [0.15, 0.2) is 0 Å². The number of methoxy groups -OCH3 is 2. The van der Waals surface area contributed by atoms with E-state index in [1.54, 1.807) is 0 Å². The average Bonchev–Trinajstić information content (AvgIpc) is 1.88. The van der Waals surface area contributed by atoms with Gasteiger partial charge >= 0.3 is 19.5 Å². The van der Waals surface area contributed by atoms with Crippen LogP contribution in [-0.2, 0) is 38.5 Å². The molecule has 0 spiro atoms. The van der Waals surface area contributed by atoms with Crippen molar-refractivity contribution in [3.63, 3.8) is 0 Å². The standard InChI is InChI=1S/2C2H3O2.Zn/c2*1-4-2-3;/h2*1H3;/q2*-1;+2. The average molecular weight is 183 g/mol. The molecule has 0 saturated heterocycles. The van der Waals surface area contributed by atoms with Crippen LogP contribution in [0.4, 0.5) is 0 Å². The third-order valence-electron chi connectivity index (χ3n) is 0.167. The third-order valence-corrected chi connectivity index (χ3v) is 0.167. The fourth-order valence-electron chi connectivity index (χ4n) is 0. The molecule has 0 amide bonds. The molecule has 0 saturated carbocycles. The quantitative estimate of drug-likeness (QED) is 0.424. The molecule has 0 radical (unpaired) electrons. The van der Waals surface area contributed by atoms with Crippen LogP contribution in [0.2, 0.25) is 0 Å². The van der Waals surface area contributed by atoms with Crippen molar-refractivity contribution < 1.29 is 38.5 Å². The summed E-state index contributed by atoms with van der Waals surface area (Å²) in [5.74, 6) is 0. The van der Waals surface area contributed by atoms with E-state index >= 15 is 0 Å². The number of carbonyl (C=O) groups excluding carboxylic acids is 2. The van der Waals surface area contributed by atoms with Gasteiger partial charge in [0.2, 0.25) is 0 Å². The van der Waals surface area contributed by atoms with Crippen LogP contribution in [-0.4, -0.2) is 27.2 Å². The Labute approximate surface area is 66.3 Å². The minimum atomic E-state index is 0. The van der Waals surface area contributed by atoms with Gasteiger partial charge < -0.3 is 19.1 Å². The molecule has 0 aliphatic carbocycles. The maximum Gasteiger partial charge on any atom is 2.00 e. The summed E-state index contributed by atoms with van der Waals surface area (Å²) in [6.45, 7) is 2.36. The van der Waals surface area contributed by atoms with Gasteiger partial charge in [-0.25, -0.2) is 0 Å². The normalized spacial score (nSPS) is 4.67. The van der Waals surface area contributed by atoms with Crippen LogP contribution in [0, 0.1) is 0 Å². The first kappa shape index (κ1) is 15.8. The van der Waals surface area contributed by atoms with Gasteiger partial charge in [-0.05, 0) is 0 Å². The molecule has 0 aromatic carbocycles. The minimum Gasteiger partial charge on any atom is -0.655 e. The van der Waals surface area contributed by atoms with Crippen molar-refractivity contribution in [2.24, 2.45) is 0 Å². The van der Waals surface area contributed by atoms with E-state index in [1.165, 1.54) is 27.2 Å². The summed E-state index contributed by atoms with van der Waals surface area (Å²) in [5, 5.41) is 0. The summed E-state index contributed by atoms with van der Waals surface area (Å²) in [7, 11) is 2.51. The van der Waals surface area contributed by atoms with Crippen molar-refractivity contribution in [3.05, 3.63) is 0 Å². The summed E-state index contributed by atoms with van der Waals surface area (Å²) in [6, 6.07) is 0. The molecule has 0 N–H and O–H groups in total. The molecule has 0 rings (SSSR count). The Morgan fingerprint density at radius 2 is 1.11 bits per heavy atom. The van der Waals surface area contributed by atoms with Crippen LogP contribution < -0.4 is 0 Å². The smallest absolute Gasteiger partial charge is 0.655 e. The summed E-state index contributed by atoms with van der Waals surface area (Å²) in [6.07, 6.45) is 0. The van der Waals surface area contributed by atoms with Crippen LogP contribution in [0.3, 0.4) is 0 Å². The molecule has 0 unspecified atom stereocenters. The van der Waals surface area contributed by atoms with E-state index in [-0.39, 0.29) is 19.5 Å². The van der Waals surface area contributed by atoms with E-state index in [9.17, 15) is 0 Å². The molecule has 0 atom stereocenters. The van der Waals surface area contributed by atoms with E-state index in [2.05, 4.69) is 9.47 Å². The molecule has 5 heteroatoms. The fourth-order valence-corrected chi connectivity index (χ4v) is 0. The SMILES string of the molecule is CO[C-]=O.CO[C-]=O.[Zn+2]. The van der Waals surface area contributed by atoms with Gasteiger partial charge in [-0.15, -0.1) is 0 Å². The summed E-state index contributed by atoms with van der Waals surface area (Å²) < 4.78 is 7.47. The molecule has 0 heterocycles. The van der Waals surface area contributed by atoms with Gasteiger partial charge in [0.1, 0.15) is 0 Å². The molecule has 0 aromatic heterocycles. The summed E-state index contributed by atoms with van der Waals surface area (Å²) in [5.41, 5.74) is 0. The predicted octanol–water partition coefficient (Wildman–Crippen LogP) is -0.603. The molecule has 0 aromatic rings. The van der Waals surface area contributed by atoms with Crippen LogP contribution in [0.5, 0.6) is 0 Å². The van der Waals surface area contributed by atoms with E-state index in [4.69, 9.17) is 9.59 Å². The number of hydrogen-bond acceptors (Lipinski definition) is 4. The number of ether oxygens (including phenoxy) is 2. The van der Waals surface area contributed by atoms with E-state index < -0.39 is 0 Å². The van der Waals surface area contributed by atoms with E-state index in [1.807, 2.05) is 0 Å². The number of hydrogen-bond donors (Lipinski definition) is 0. The first-order valence-corrected chi connectivity index (χ1v) is 1.63. The van der Waals surface area contributed by atoms with Crippen LogP contribution in [0.1, 0.15) is 0 Å². The third kappa shape index (κ3) is 95.8. The van der Waals surface area contributed by atoms with Crippen LogP contribution in [0.25, 0.3) is 0 Å². The Balaban J connectivity index is -0.0000000720. The van der Waals surface area contributed by atoms with E-state index in [0.29, 0.717) is 0 Å². The Morgan fingerprint density at radius 1 is 1.00 bits per heavy atom. The van der Waals surface area contributed by atoms with Crippen molar-refractivity contribution in [3.8, 4) is 0 Å². The Hall–Kier alpha value is -0.437. The first-order chi connectivity index (χ1) is 3.83. The monoisotopic (exact) mass is 182 g/mol. The second-order valence-electron chi connectivity index (χ2n) is 0.575. The molecule has 0 aliphatic heterocycles. The van der Waals surface area contributed by atoms with Crippen molar-refractivity contribution >= 4 is 12.9 Å². The first-order valence-electron chi connectivity index (χ1n) is 1.63. The van der Waals surface area contributed by atoms with Gasteiger partial charge in [0.25, 0.3) is 0 Å². The fraction of sp³-hybridized carbons (Fsp3) is 0.500. The van der Waals surface area contributed by atoms with Gasteiger partial charge in [-0.2, -0.15) is 0 Å². The molecule has 0 aliphatic rings. The maximum atomic E-state index is 8.83. The zero-order chi connectivity index (χ0) is 6.83. The topological polar surface area (TPSA) is 52.6 Å². The second-order valence-corrected chi connectivity index (χ2v) is 0.575. The zero-order valence-corrected chi connectivity index (χ0v) is 8.31. The maximum absolute atomic E-state index is 8.83. The van der Waals surface area contributed by atoms with Gasteiger partial charge in [0, 0.05) is 14.2 Å². The van der Waals surface area contributed by atoms with Crippen molar-refractivity contribution in [2.45, 2.75) is 0 Å². The summed E-state index contributed by atoms with van der Waals surface area (Å²) in [4.78, 5) is 17.7. The van der Waals surface area contributed by atoms with Crippen molar-refractivity contribution in [1.29, 1.82) is 0 Å². The molecule has 0 fully saturated rings. The van der Waals surface area contributed by atoms with Gasteiger partial charge in [0.05, 0.1) is 0 Å².